The lowest BCUT2D eigenvalue weighted by atomic mass is 9.44. The Bertz CT molecular complexity index is 606. The highest BCUT2D eigenvalue weighted by molar-refractivity contribution is 5.75. The molecule has 0 aromatic rings. The predicted octanol–water partition coefficient (Wildman–Crippen LogP) is 5.92. The summed E-state index contributed by atoms with van der Waals surface area (Å²) in [6.45, 7) is 9.17. The van der Waals surface area contributed by atoms with Gasteiger partial charge in [0, 0.05) is 13.0 Å². The van der Waals surface area contributed by atoms with Crippen molar-refractivity contribution in [3.8, 4) is 0 Å². The number of hydrogen-bond acceptors (Lipinski definition) is 2. The van der Waals surface area contributed by atoms with E-state index in [1.807, 2.05) is 0 Å². The molecule has 3 N–H and O–H groups in total. The van der Waals surface area contributed by atoms with Gasteiger partial charge in [0.2, 0.25) is 5.91 Å². The highest BCUT2D eigenvalue weighted by Gasteiger charge is 2.60. The Balaban J connectivity index is 1.38. The highest BCUT2D eigenvalue weighted by Crippen LogP contribution is 2.68. The van der Waals surface area contributed by atoms with Crippen molar-refractivity contribution in [2.75, 3.05) is 13.1 Å². The molecule has 0 radical (unpaired) electrons. The fraction of sp³-hybridized carbons (Fsp3) is 0.963. The summed E-state index contributed by atoms with van der Waals surface area (Å²) in [6.07, 6.45) is 17.4. The summed E-state index contributed by atoms with van der Waals surface area (Å²) in [5.41, 5.74) is 6.71. The minimum Gasteiger partial charge on any atom is -0.356 e. The molecule has 4 aliphatic carbocycles. The van der Waals surface area contributed by atoms with Crippen LogP contribution in [0.4, 0.5) is 0 Å². The van der Waals surface area contributed by atoms with E-state index in [1.165, 1.54) is 64.2 Å². The van der Waals surface area contributed by atoms with Crippen LogP contribution in [0.5, 0.6) is 0 Å². The van der Waals surface area contributed by atoms with Gasteiger partial charge in [-0.15, -0.1) is 0 Å². The molecule has 30 heavy (non-hydrogen) atoms. The first-order valence-electron chi connectivity index (χ1n) is 13.4. The van der Waals surface area contributed by atoms with Crippen LogP contribution < -0.4 is 11.1 Å². The molecule has 0 bridgehead atoms. The molecule has 4 rings (SSSR count). The lowest BCUT2D eigenvalue weighted by molar-refractivity contribution is -0.122. The third-order valence-electron chi connectivity index (χ3n) is 10.9. The van der Waals surface area contributed by atoms with E-state index in [0.29, 0.717) is 29.7 Å². The monoisotopic (exact) mass is 416 g/mol. The van der Waals surface area contributed by atoms with Crippen LogP contribution in [0.2, 0.25) is 0 Å². The van der Waals surface area contributed by atoms with Crippen molar-refractivity contribution >= 4 is 5.91 Å². The average Bonchev–Trinajstić information content (AvgIpc) is 3.09. The smallest absolute Gasteiger partial charge is 0.220 e. The van der Waals surface area contributed by atoms with Gasteiger partial charge in [0.15, 0.2) is 0 Å². The van der Waals surface area contributed by atoms with Crippen molar-refractivity contribution in [3.05, 3.63) is 0 Å². The van der Waals surface area contributed by atoms with Crippen molar-refractivity contribution in [3.63, 3.8) is 0 Å². The molecule has 3 nitrogen and oxygen atoms in total. The second-order valence-electron chi connectivity index (χ2n) is 12.1. The third kappa shape index (κ3) is 3.97. The Morgan fingerprint density at radius 2 is 1.80 bits per heavy atom. The summed E-state index contributed by atoms with van der Waals surface area (Å²) in [6, 6.07) is 0. The van der Waals surface area contributed by atoms with Gasteiger partial charge in [-0.3, -0.25) is 4.79 Å². The molecular weight excluding hydrogens is 368 g/mol. The maximum atomic E-state index is 12.2. The summed E-state index contributed by atoms with van der Waals surface area (Å²) in [5.74, 6) is 5.65. The van der Waals surface area contributed by atoms with E-state index in [4.69, 9.17) is 5.73 Å². The van der Waals surface area contributed by atoms with Crippen molar-refractivity contribution < 1.29 is 4.79 Å². The second kappa shape index (κ2) is 9.12. The molecule has 4 fully saturated rings. The number of amides is 1. The summed E-state index contributed by atoms with van der Waals surface area (Å²) >= 11 is 0. The minimum atomic E-state index is 0.224. The number of carbonyl (C=O) groups is 1. The number of nitrogens with one attached hydrogen (secondary N) is 1. The Labute approximate surface area is 185 Å². The van der Waals surface area contributed by atoms with Gasteiger partial charge in [-0.2, -0.15) is 0 Å². The van der Waals surface area contributed by atoms with Crippen LogP contribution in [-0.4, -0.2) is 19.0 Å². The summed E-state index contributed by atoms with van der Waals surface area (Å²) in [5, 5.41) is 3.04. The molecule has 0 aromatic carbocycles. The average molecular weight is 417 g/mol. The van der Waals surface area contributed by atoms with E-state index in [1.54, 1.807) is 0 Å². The fourth-order valence-corrected chi connectivity index (χ4v) is 9.25. The molecule has 0 heterocycles. The first-order valence-corrected chi connectivity index (χ1v) is 13.4. The number of nitrogens with two attached hydrogens (primary N) is 1. The van der Waals surface area contributed by atoms with Gasteiger partial charge in [0.1, 0.15) is 0 Å². The first kappa shape index (κ1) is 22.6. The zero-order valence-electron chi connectivity index (χ0n) is 20.1. The van der Waals surface area contributed by atoms with Gasteiger partial charge in [-0.05, 0) is 117 Å². The van der Waals surface area contributed by atoms with Gasteiger partial charge in [-0.25, -0.2) is 0 Å². The van der Waals surface area contributed by atoms with Crippen LogP contribution in [0.3, 0.4) is 0 Å². The molecule has 0 spiro atoms. The van der Waals surface area contributed by atoms with Gasteiger partial charge < -0.3 is 11.1 Å². The molecule has 172 valence electrons. The number of rotatable bonds is 7. The van der Waals surface area contributed by atoms with Crippen LogP contribution in [0, 0.1) is 46.3 Å². The van der Waals surface area contributed by atoms with Gasteiger partial charge in [0.25, 0.3) is 0 Å². The first-order chi connectivity index (χ1) is 14.4. The maximum Gasteiger partial charge on any atom is 0.220 e. The number of fused-ring (bicyclic) bond motifs is 5. The maximum absolute atomic E-state index is 12.2. The lowest BCUT2D eigenvalue weighted by Crippen LogP contribution is -2.53. The summed E-state index contributed by atoms with van der Waals surface area (Å²) in [7, 11) is 0. The number of hydrogen-bond donors (Lipinski definition) is 2. The fourth-order valence-electron chi connectivity index (χ4n) is 9.25. The molecule has 0 saturated heterocycles. The van der Waals surface area contributed by atoms with Crippen LogP contribution >= 0.6 is 0 Å². The highest BCUT2D eigenvalue weighted by atomic mass is 16.1. The molecule has 1 amide bonds. The van der Waals surface area contributed by atoms with Crippen molar-refractivity contribution in [2.45, 2.75) is 104 Å². The Hall–Kier alpha value is -0.570. The van der Waals surface area contributed by atoms with Crippen LogP contribution in [0.15, 0.2) is 0 Å². The Kier molecular flexibility index (Phi) is 6.88. The van der Waals surface area contributed by atoms with E-state index < -0.39 is 0 Å². The molecule has 0 unspecified atom stereocenters. The molecule has 3 heteroatoms. The topological polar surface area (TPSA) is 55.1 Å². The van der Waals surface area contributed by atoms with Gasteiger partial charge in [0.05, 0.1) is 0 Å². The Morgan fingerprint density at radius 1 is 1.00 bits per heavy atom. The zero-order valence-corrected chi connectivity index (χ0v) is 20.1. The van der Waals surface area contributed by atoms with Crippen molar-refractivity contribution in [1.29, 1.82) is 0 Å². The van der Waals surface area contributed by atoms with E-state index in [2.05, 4.69) is 26.1 Å². The van der Waals surface area contributed by atoms with Crippen molar-refractivity contribution in [1.82, 2.24) is 5.32 Å². The van der Waals surface area contributed by atoms with Gasteiger partial charge >= 0.3 is 0 Å². The predicted molar refractivity (Wildman–Crippen MR) is 125 cm³/mol. The summed E-state index contributed by atoms with van der Waals surface area (Å²) in [4.78, 5) is 12.2. The molecule has 4 saturated carbocycles. The van der Waals surface area contributed by atoms with Gasteiger partial charge in [-0.1, -0.05) is 33.6 Å². The van der Waals surface area contributed by atoms with Crippen LogP contribution in [0.25, 0.3) is 0 Å². The lowest BCUT2D eigenvalue weighted by Gasteiger charge is -2.61. The standard InChI is InChI=1S/C27H48N2O/c1-19(8-13-25(30)29-18-6-17-28)22-11-12-23-21-10-9-20-7-4-5-15-26(20,2)24(21)14-16-27(22,23)3/h19-24H,4-18,28H2,1-3H3,(H,29,30)/t19-,20+,21+,22-,23+,24+,26+,27-/m1/s1. The van der Waals surface area contributed by atoms with E-state index in [9.17, 15) is 4.79 Å². The summed E-state index contributed by atoms with van der Waals surface area (Å²) < 4.78 is 0. The van der Waals surface area contributed by atoms with Crippen molar-refractivity contribution in [2.24, 2.45) is 52.1 Å². The largest absolute Gasteiger partial charge is 0.356 e. The third-order valence-corrected chi connectivity index (χ3v) is 10.9. The molecule has 8 atom stereocenters. The van der Waals surface area contributed by atoms with E-state index >= 15 is 0 Å². The Morgan fingerprint density at radius 3 is 2.60 bits per heavy atom. The second-order valence-corrected chi connectivity index (χ2v) is 12.1. The van der Waals surface area contributed by atoms with Crippen LogP contribution in [0.1, 0.15) is 104 Å². The number of carbonyl (C=O) groups excluding carboxylic acids is 1. The molecule has 0 aromatic heterocycles. The molecular formula is C27H48N2O. The quantitative estimate of drug-likeness (QED) is 0.506. The van der Waals surface area contributed by atoms with E-state index in [-0.39, 0.29) is 5.91 Å². The SMILES string of the molecule is C[C@H](CCC(=O)NCCCN)[C@H]1CC[C@H]2[C@@H]3CC[C@@H]4CCCC[C@]4(C)[C@H]3CC[C@]12C. The van der Waals surface area contributed by atoms with Crippen LogP contribution in [-0.2, 0) is 4.79 Å². The molecule has 0 aliphatic heterocycles. The van der Waals surface area contributed by atoms with E-state index in [0.717, 1.165) is 49.0 Å². The molecule has 4 aliphatic rings. The normalized spacial score (nSPS) is 43.9. The minimum absolute atomic E-state index is 0.224. The zero-order chi connectivity index (χ0) is 21.4.